The molecule has 0 saturated heterocycles. The normalized spacial score (nSPS) is 12.3. The van der Waals surface area contributed by atoms with Crippen molar-refractivity contribution in [2.45, 2.75) is 19.5 Å². The molecule has 1 N–H and O–H groups in total. The number of hydrogen-bond acceptors (Lipinski definition) is 4. The highest BCUT2D eigenvalue weighted by Gasteiger charge is 2.15. The van der Waals surface area contributed by atoms with E-state index in [0.717, 1.165) is 16.4 Å². The summed E-state index contributed by atoms with van der Waals surface area (Å²) in [5.41, 5.74) is 0.491. The molecule has 4 aromatic rings. The lowest BCUT2D eigenvalue weighted by Gasteiger charge is -2.12. The number of hydrogen-bond donors (Lipinski definition) is 1. The van der Waals surface area contributed by atoms with Crippen LogP contribution in [0, 0.1) is 0 Å². The molecule has 0 aliphatic heterocycles. The molecule has 0 bridgehead atoms. The number of carbonyl (C=O) groups is 1. The zero-order chi connectivity index (χ0) is 18.1. The van der Waals surface area contributed by atoms with Gasteiger partial charge in [0.25, 0.3) is 5.56 Å². The first-order valence-corrected chi connectivity index (χ1v) is 8.34. The molecule has 1 amide bonds. The van der Waals surface area contributed by atoms with Crippen molar-refractivity contribution in [2.24, 2.45) is 0 Å². The average Bonchev–Trinajstić information content (AvgIpc) is 3.09. The molecule has 2 heterocycles. The first-order chi connectivity index (χ1) is 12.6. The number of carbonyl (C=O) groups excluding carboxylic acids is 1. The van der Waals surface area contributed by atoms with Crippen LogP contribution in [-0.4, -0.2) is 15.7 Å². The van der Waals surface area contributed by atoms with E-state index < -0.39 is 0 Å². The topological polar surface area (TPSA) is 77.1 Å². The molecule has 2 aromatic heterocycles. The van der Waals surface area contributed by atoms with Gasteiger partial charge in [-0.3, -0.25) is 9.59 Å². The number of para-hydroxylation sites is 1. The van der Waals surface area contributed by atoms with E-state index in [1.807, 2.05) is 49.4 Å². The van der Waals surface area contributed by atoms with Crippen molar-refractivity contribution in [2.75, 3.05) is 0 Å². The highest BCUT2D eigenvalue weighted by atomic mass is 16.3. The average molecular weight is 347 g/mol. The van der Waals surface area contributed by atoms with E-state index in [9.17, 15) is 9.59 Å². The third-order valence-electron chi connectivity index (χ3n) is 4.30. The largest absolute Gasteiger partial charge is 0.459 e. The van der Waals surface area contributed by atoms with E-state index in [1.165, 1.54) is 4.68 Å². The van der Waals surface area contributed by atoms with Crippen molar-refractivity contribution in [1.29, 1.82) is 0 Å². The van der Waals surface area contributed by atoms with Gasteiger partial charge >= 0.3 is 0 Å². The second kappa shape index (κ2) is 6.48. The van der Waals surface area contributed by atoms with Crippen molar-refractivity contribution in [3.63, 3.8) is 0 Å². The van der Waals surface area contributed by atoms with Gasteiger partial charge in [-0.25, -0.2) is 4.68 Å². The lowest BCUT2D eigenvalue weighted by Crippen LogP contribution is -2.34. The minimum absolute atomic E-state index is 0.145. The highest BCUT2D eigenvalue weighted by molar-refractivity contribution is 5.81. The number of aromatic nitrogens is 2. The van der Waals surface area contributed by atoms with Crippen molar-refractivity contribution in [3.05, 3.63) is 76.9 Å². The van der Waals surface area contributed by atoms with Gasteiger partial charge in [-0.15, -0.1) is 0 Å². The fourth-order valence-corrected chi connectivity index (χ4v) is 2.95. The van der Waals surface area contributed by atoms with Crippen LogP contribution in [-0.2, 0) is 11.3 Å². The molecule has 2 aromatic carbocycles. The van der Waals surface area contributed by atoms with Gasteiger partial charge in [0.1, 0.15) is 17.9 Å². The predicted molar refractivity (Wildman–Crippen MR) is 98.8 cm³/mol. The van der Waals surface area contributed by atoms with Gasteiger partial charge in [-0.05, 0) is 25.1 Å². The molecule has 0 unspecified atom stereocenters. The monoisotopic (exact) mass is 347 g/mol. The number of nitrogens with zero attached hydrogens (tertiary/aromatic N) is 2. The van der Waals surface area contributed by atoms with E-state index in [-0.39, 0.29) is 24.1 Å². The van der Waals surface area contributed by atoms with Crippen LogP contribution < -0.4 is 10.9 Å². The molecule has 6 nitrogen and oxygen atoms in total. The highest BCUT2D eigenvalue weighted by Crippen LogP contribution is 2.23. The molecule has 0 spiro atoms. The first kappa shape index (κ1) is 16.1. The van der Waals surface area contributed by atoms with Gasteiger partial charge in [-0.2, -0.15) is 5.10 Å². The van der Waals surface area contributed by atoms with Crippen molar-refractivity contribution in [3.8, 4) is 0 Å². The molecule has 6 heteroatoms. The van der Waals surface area contributed by atoms with Gasteiger partial charge in [0.05, 0.1) is 17.6 Å². The quantitative estimate of drug-likeness (QED) is 0.616. The Kier molecular flexibility index (Phi) is 4.01. The van der Waals surface area contributed by atoms with E-state index in [1.54, 1.807) is 18.3 Å². The maximum atomic E-state index is 12.4. The van der Waals surface area contributed by atoms with Gasteiger partial charge in [-0.1, -0.05) is 36.4 Å². The number of benzene rings is 2. The van der Waals surface area contributed by atoms with Crippen LogP contribution in [0.2, 0.25) is 0 Å². The summed E-state index contributed by atoms with van der Waals surface area (Å²) in [7, 11) is 0. The summed E-state index contributed by atoms with van der Waals surface area (Å²) in [6.07, 6.45) is 1.59. The summed E-state index contributed by atoms with van der Waals surface area (Å²) in [6, 6.07) is 16.4. The molecule has 0 fully saturated rings. The van der Waals surface area contributed by atoms with Gasteiger partial charge < -0.3 is 9.73 Å². The number of nitrogens with one attached hydrogen (secondary N) is 1. The minimum atomic E-state index is -0.314. The fourth-order valence-electron chi connectivity index (χ4n) is 2.95. The van der Waals surface area contributed by atoms with Crippen LogP contribution in [0.5, 0.6) is 0 Å². The fraction of sp³-hybridized carbons (Fsp3) is 0.150. The molecule has 26 heavy (non-hydrogen) atoms. The second-order valence-corrected chi connectivity index (χ2v) is 6.17. The Morgan fingerprint density at radius 3 is 2.69 bits per heavy atom. The molecule has 0 aliphatic rings. The van der Waals surface area contributed by atoms with E-state index in [2.05, 4.69) is 10.4 Å². The van der Waals surface area contributed by atoms with Crippen molar-refractivity contribution < 1.29 is 9.21 Å². The van der Waals surface area contributed by atoms with Crippen molar-refractivity contribution in [1.82, 2.24) is 15.1 Å². The van der Waals surface area contributed by atoms with E-state index >= 15 is 0 Å². The van der Waals surface area contributed by atoms with Gasteiger partial charge in [0, 0.05) is 10.8 Å². The predicted octanol–water partition coefficient (Wildman–Crippen LogP) is 3.02. The minimum Gasteiger partial charge on any atom is -0.459 e. The third-order valence-corrected chi connectivity index (χ3v) is 4.30. The smallest absolute Gasteiger partial charge is 0.275 e. The maximum absolute atomic E-state index is 12.4. The third kappa shape index (κ3) is 2.97. The summed E-state index contributed by atoms with van der Waals surface area (Å²) in [6.45, 7) is 1.69. The number of rotatable bonds is 4. The Hall–Kier alpha value is -3.41. The van der Waals surface area contributed by atoms with Gasteiger partial charge in [0.2, 0.25) is 5.91 Å². The van der Waals surface area contributed by atoms with Crippen LogP contribution in [0.1, 0.15) is 18.7 Å². The summed E-state index contributed by atoms with van der Waals surface area (Å²) in [4.78, 5) is 24.8. The van der Waals surface area contributed by atoms with Crippen LogP contribution in [0.3, 0.4) is 0 Å². The molecule has 4 rings (SSSR count). The Morgan fingerprint density at radius 2 is 1.88 bits per heavy atom. The maximum Gasteiger partial charge on any atom is 0.275 e. The molecule has 1 atom stereocenters. The molecular weight excluding hydrogens is 330 g/mol. The zero-order valence-corrected chi connectivity index (χ0v) is 14.2. The summed E-state index contributed by atoms with van der Waals surface area (Å²) in [5.74, 6) is 0.362. The summed E-state index contributed by atoms with van der Waals surface area (Å²) in [5, 5.41) is 9.21. The Bertz CT molecular complexity index is 1130. The SMILES string of the molecule is C[C@H](NC(=O)Cn1ncc2ccccc2c1=O)c1cc2ccccc2o1. The Morgan fingerprint density at radius 1 is 1.15 bits per heavy atom. The van der Waals surface area contributed by atoms with E-state index in [4.69, 9.17) is 4.42 Å². The Labute approximate surface area is 149 Å². The number of amides is 1. The number of furan rings is 1. The van der Waals surface area contributed by atoms with Gasteiger partial charge in [0.15, 0.2) is 0 Å². The summed E-state index contributed by atoms with van der Waals surface area (Å²) < 4.78 is 6.93. The molecule has 0 radical (unpaired) electrons. The van der Waals surface area contributed by atoms with Crippen molar-refractivity contribution >= 4 is 27.6 Å². The molecule has 0 aliphatic carbocycles. The molecule has 130 valence electrons. The van der Waals surface area contributed by atoms with E-state index in [0.29, 0.717) is 11.1 Å². The standard InChI is InChI=1S/C20H17N3O3/c1-13(18-10-14-6-3-5-9-17(14)26-18)22-19(24)12-23-20(25)16-8-4-2-7-15(16)11-21-23/h2-11,13H,12H2,1H3,(H,22,24)/t13-/m0/s1. The summed E-state index contributed by atoms with van der Waals surface area (Å²) >= 11 is 0. The van der Waals surface area contributed by atoms with Crippen LogP contribution in [0.25, 0.3) is 21.7 Å². The zero-order valence-electron chi connectivity index (χ0n) is 14.2. The lowest BCUT2D eigenvalue weighted by atomic mass is 10.2. The van der Waals surface area contributed by atoms with Crippen LogP contribution in [0.4, 0.5) is 0 Å². The molecule has 0 saturated carbocycles. The molecular formula is C20H17N3O3. The lowest BCUT2D eigenvalue weighted by molar-refractivity contribution is -0.122. The van der Waals surface area contributed by atoms with Crippen LogP contribution in [0.15, 0.2) is 70.0 Å². The number of fused-ring (bicyclic) bond motifs is 2. The first-order valence-electron chi connectivity index (χ1n) is 8.34. The second-order valence-electron chi connectivity index (χ2n) is 6.17. The Balaban J connectivity index is 1.51. The van der Waals surface area contributed by atoms with Crippen LogP contribution >= 0.6 is 0 Å².